The first-order valence-corrected chi connectivity index (χ1v) is 8.89. The maximum atomic E-state index is 12.6. The molecule has 0 unspecified atom stereocenters. The number of nitrogens with zero attached hydrogens (tertiary/aromatic N) is 5. The van der Waals surface area contributed by atoms with Crippen molar-refractivity contribution < 1.29 is 4.79 Å². The Hall–Kier alpha value is -2.80. The minimum atomic E-state index is -0.289. The van der Waals surface area contributed by atoms with Crippen LogP contribution in [0.25, 0.3) is 5.78 Å². The molecule has 0 saturated carbocycles. The van der Waals surface area contributed by atoms with Gasteiger partial charge in [-0.25, -0.2) is 9.50 Å². The monoisotopic (exact) mass is 352 g/mol. The van der Waals surface area contributed by atoms with E-state index in [1.165, 1.54) is 5.56 Å². The summed E-state index contributed by atoms with van der Waals surface area (Å²) in [5.41, 5.74) is 2.06. The van der Waals surface area contributed by atoms with Crippen molar-refractivity contribution in [2.45, 2.75) is 26.8 Å². The van der Waals surface area contributed by atoms with Crippen molar-refractivity contribution in [2.75, 3.05) is 19.6 Å². The zero-order valence-corrected chi connectivity index (χ0v) is 15.4. The zero-order valence-electron chi connectivity index (χ0n) is 15.4. The highest BCUT2D eigenvalue weighted by Crippen LogP contribution is 2.19. The largest absolute Gasteiger partial charge is 0.347 e. The number of likely N-dealkylation sites (N-methyl/N-ethyl adjacent to an activating group) is 1. The second-order valence-corrected chi connectivity index (χ2v) is 6.09. The molecule has 0 radical (unpaired) electrons. The Morgan fingerprint density at radius 3 is 2.58 bits per heavy atom. The average Bonchev–Trinajstić information content (AvgIpc) is 3.11. The van der Waals surface area contributed by atoms with Gasteiger partial charge in [0.05, 0.1) is 6.04 Å². The molecular weight excluding hydrogens is 328 g/mol. The van der Waals surface area contributed by atoms with Crippen LogP contribution in [0.4, 0.5) is 0 Å². The molecule has 0 bridgehead atoms. The molecule has 0 spiro atoms. The van der Waals surface area contributed by atoms with Crippen molar-refractivity contribution in [3.05, 3.63) is 59.7 Å². The Kier molecular flexibility index (Phi) is 5.58. The van der Waals surface area contributed by atoms with E-state index >= 15 is 0 Å². The summed E-state index contributed by atoms with van der Waals surface area (Å²) in [6, 6.07) is 12.1. The predicted molar refractivity (Wildman–Crippen MR) is 100.0 cm³/mol. The number of hydrogen-bond donors (Lipinski definition) is 1. The molecule has 3 aromatic rings. The molecule has 1 N–H and O–H groups in total. The summed E-state index contributed by atoms with van der Waals surface area (Å²) >= 11 is 0. The first kappa shape index (κ1) is 18.0. The SMILES string of the molecule is CCN(CC)[C@@H](CNC(=O)c1nc2nccc(C)n2n1)c1ccccc1. The van der Waals surface area contributed by atoms with Gasteiger partial charge in [-0.3, -0.25) is 9.69 Å². The van der Waals surface area contributed by atoms with E-state index in [-0.39, 0.29) is 17.8 Å². The highest BCUT2D eigenvalue weighted by molar-refractivity contribution is 5.90. The van der Waals surface area contributed by atoms with Crippen LogP contribution in [0.15, 0.2) is 42.6 Å². The third-order valence-electron chi connectivity index (χ3n) is 4.53. The summed E-state index contributed by atoms with van der Waals surface area (Å²) in [6.45, 7) is 8.45. The minimum Gasteiger partial charge on any atom is -0.347 e. The Morgan fingerprint density at radius 1 is 1.19 bits per heavy atom. The molecular formula is C19H24N6O. The van der Waals surface area contributed by atoms with Crippen molar-refractivity contribution in [3.8, 4) is 0 Å². The van der Waals surface area contributed by atoms with Gasteiger partial charge < -0.3 is 5.32 Å². The Bertz CT molecular complexity index is 872. The van der Waals surface area contributed by atoms with E-state index in [2.05, 4.69) is 51.3 Å². The van der Waals surface area contributed by atoms with Crippen LogP contribution in [-0.2, 0) is 0 Å². The summed E-state index contributed by atoms with van der Waals surface area (Å²) < 4.78 is 1.58. The Labute approximate surface area is 153 Å². The van der Waals surface area contributed by atoms with Gasteiger partial charge in [-0.1, -0.05) is 44.2 Å². The zero-order chi connectivity index (χ0) is 18.5. The van der Waals surface area contributed by atoms with E-state index in [1.54, 1.807) is 10.7 Å². The number of aryl methyl sites for hydroxylation is 1. The number of carbonyl (C=O) groups excluding carboxylic acids is 1. The lowest BCUT2D eigenvalue weighted by Crippen LogP contribution is -2.38. The Balaban J connectivity index is 1.77. The van der Waals surface area contributed by atoms with Crippen LogP contribution in [0.3, 0.4) is 0 Å². The van der Waals surface area contributed by atoms with Crippen LogP contribution in [0.1, 0.15) is 41.8 Å². The molecule has 1 atom stereocenters. The number of aromatic nitrogens is 4. The fraction of sp³-hybridized carbons (Fsp3) is 0.368. The van der Waals surface area contributed by atoms with Gasteiger partial charge in [-0.15, -0.1) is 5.10 Å². The highest BCUT2D eigenvalue weighted by Gasteiger charge is 2.20. The number of carbonyl (C=O) groups is 1. The van der Waals surface area contributed by atoms with Crippen molar-refractivity contribution >= 4 is 11.7 Å². The fourth-order valence-electron chi connectivity index (χ4n) is 3.07. The molecule has 2 heterocycles. The third kappa shape index (κ3) is 3.72. The van der Waals surface area contributed by atoms with Gasteiger partial charge in [0.1, 0.15) is 0 Å². The molecule has 136 valence electrons. The summed E-state index contributed by atoms with van der Waals surface area (Å²) in [5.74, 6) is 0.277. The number of rotatable bonds is 7. The lowest BCUT2D eigenvalue weighted by atomic mass is 10.1. The maximum Gasteiger partial charge on any atom is 0.291 e. The normalized spacial score (nSPS) is 12.5. The number of amides is 1. The van der Waals surface area contributed by atoms with Gasteiger partial charge in [0.2, 0.25) is 5.82 Å². The highest BCUT2D eigenvalue weighted by atomic mass is 16.2. The standard InChI is InChI=1S/C19H24N6O/c1-4-24(5-2)16(15-9-7-6-8-10-15)13-21-18(26)17-22-19-20-12-11-14(3)25(19)23-17/h6-12,16H,4-5,13H2,1-3H3,(H,21,26)/t16-/m0/s1. The molecule has 7 nitrogen and oxygen atoms in total. The van der Waals surface area contributed by atoms with E-state index in [9.17, 15) is 4.79 Å². The van der Waals surface area contributed by atoms with E-state index in [4.69, 9.17) is 0 Å². The van der Waals surface area contributed by atoms with E-state index in [0.29, 0.717) is 12.3 Å². The van der Waals surface area contributed by atoms with Crippen molar-refractivity contribution in [1.29, 1.82) is 0 Å². The lowest BCUT2D eigenvalue weighted by Gasteiger charge is -2.30. The first-order valence-electron chi connectivity index (χ1n) is 8.89. The molecule has 0 fully saturated rings. The van der Waals surface area contributed by atoms with Crippen LogP contribution in [-0.4, -0.2) is 50.0 Å². The topological polar surface area (TPSA) is 75.4 Å². The number of fused-ring (bicyclic) bond motifs is 1. The molecule has 0 aliphatic rings. The second kappa shape index (κ2) is 8.05. The smallest absolute Gasteiger partial charge is 0.291 e. The molecule has 2 aromatic heterocycles. The number of hydrogen-bond acceptors (Lipinski definition) is 5. The van der Waals surface area contributed by atoms with Crippen LogP contribution >= 0.6 is 0 Å². The molecule has 1 aromatic carbocycles. The molecule has 0 saturated heterocycles. The summed E-state index contributed by atoms with van der Waals surface area (Å²) in [7, 11) is 0. The molecule has 0 aliphatic heterocycles. The first-order chi connectivity index (χ1) is 12.6. The van der Waals surface area contributed by atoms with Gasteiger partial charge in [0.25, 0.3) is 11.7 Å². The van der Waals surface area contributed by atoms with E-state index < -0.39 is 0 Å². The molecule has 26 heavy (non-hydrogen) atoms. The van der Waals surface area contributed by atoms with E-state index in [0.717, 1.165) is 18.8 Å². The van der Waals surface area contributed by atoms with Gasteiger partial charge in [-0.2, -0.15) is 4.98 Å². The fourth-order valence-corrected chi connectivity index (χ4v) is 3.07. The van der Waals surface area contributed by atoms with E-state index in [1.807, 2.05) is 31.2 Å². The van der Waals surface area contributed by atoms with Gasteiger partial charge in [0.15, 0.2) is 0 Å². The lowest BCUT2D eigenvalue weighted by molar-refractivity contribution is 0.0924. The maximum absolute atomic E-state index is 12.6. The van der Waals surface area contributed by atoms with Crippen molar-refractivity contribution in [1.82, 2.24) is 29.8 Å². The molecule has 1 amide bonds. The second-order valence-electron chi connectivity index (χ2n) is 6.09. The minimum absolute atomic E-state index is 0.104. The summed E-state index contributed by atoms with van der Waals surface area (Å²) in [4.78, 5) is 23.3. The van der Waals surface area contributed by atoms with Crippen LogP contribution in [0.2, 0.25) is 0 Å². The predicted octanol–water partition coefficient (Wildman–Crippen LogP) is 2.25. The van der Waals surface area contributed by atoms with Gasteiger partial charge >= 0.3 is 0 Å². The summed E-state index contributed by atoms with van der Waals surface area (Å²) in [5, 5.41) is 7.25. The van der Waals surface area contributed by atoms with Crippen molar-refractivity contribution in [3.63, 3.8) is 0 Å². The number of nitrogens with one attached hydrogen (secondary N) is 1. The molecule has 0 aliphatic carbocycles. The van der Waals surface area contributed by atoms with Gasteiger partial charge in [-0.05, 0) is 31.6 Å². The van der Waals surface area contributed by atoms with Gasteiger partial charge in [0, 0.05) is 18.4 Å². The third-order valence-corrected chi connectivity index (χ3v) is 4.53. The average molecular weight is 352 g/mol. The Morgan fingerprint density at radius 2 is 1.92 bits per heavy atom. The van der Waals surface area contributed by atoms with Crippen LogP contribution < -0.4 is 5.32 Å². The quantitative estimate of drug-likeness (QED) is 0.706. The van der Waals surface area contributed by atoms with Crippen molar-refractivity contribution in [2.24, 2.45) is 0 Å². The number of benzene rings is 1. The summed E-state index contributed by atoms with van der Waals surface area (Å²) in [6.07, 6.45) is 1.66. The molecule has 7 heteroatoms. The molecule has 3 rings (SSSR count). The van der Waals surface area contributed by atoms with Crippen LogP contribution in [0.5, 0.6) is 0 Å². The van der Waals surface area contributed by atoms with Crippen LogP contribution in [0, 0.1) is 6.92 Å².